The molecule has 8 atom stereocenters. The van der Waals surface area contributed by atoms with Gasteiger partial charge in [-0.25, -0.2) is 0 Å². The standard InChI is InChI=1S/C22H32O2/c1-3-21-9-8-18-17-7-5-16(24)10-14(17)4-6-19(18)20(21)11-15-12-22(15,21)13(2)23/h14-15,17-20H,3-12H2,1-2H3/t14-,15-,17-,18+,19+,20-,21-,22-/m0/s1. The third-order valence-electron chi connectivity index (χ3n) is 9.76. The zero-order valence-corrected chi connectivity index (χ0v) is 15.4. The molecular formula is C22H32O2. The van der Waals surface area contributed by atoms with Crippen LogP contribution in [0.2, 0.25) is 0 Å². The fourth-order valence-corrected chi connectivity index (χ4v) is 8.90. The van der Waals surface area contributed by atoms with E-state index in [4.69, 9.17) is 0 Å². The first kappa shape index (κ1) is 15.6. The quantitative estimate of drug-likeness (QED) is 0.729. The summed E-state index contributed by atoms with van der Waals surface area (Å²) in [6.45, 7) is 4.25. The smallest absolute Gasteiger partial charge is 0.136 e. The molecule has 5 aliphatic carbocycles. The first-order valence-corrected chi connectivity index (χ1v) is 10.6. The zero-order chi connectivity index (χ0) is 16.7. The largest absolute Gasteiger partial charge is 0.300 e. The van der Waals surface area contributed by atoms with Crippen molar-refractivity contribution >= 4 is 11.6 Å². The van der Waals surface area contributed by atoms with Crippen molar-refractivity contribution in [3.8, 4) is 0 Å². The Hall–Kier alpha value is -0.660. The number of rotatable bonds is 2. The van der Waals surface area contributed by atoms with E-state index in [-0.39, 0.29) is 5.41 Å². The molecule has 0 bridgehead atoms. The van der Waals surface area contributed by atoms with Crippen LogP contribution in [0.5, 0.6) is 0 Å². The average molecular weight is 328 g/mol. The molecule has 5 fully saturated rings. The molecule has 5 aliphatic rings. The fraction of sp³-hybridized carbons (Fsp3) is 0.909. The maximum absolute atomic E-state index is 12.6. The number of carbonyl (C=O) groups is 2. The summed E-state index contributed by atoms with van der Waals surface area (Å²) < 4.78 is 0. The Bertz CT molecular complexity index is 595. The lowest BCUT2D eigenvalue weighted by Crippen LogP contribution is -2.52. The molecule has 2 nitrogen and oxygen atoms in total. The van der Waals surface area contributed by atoms with Crippen molar-refractivity contribution < 1.29 is 9.59 Å². The molecule has 0 aromatic heterocycles. The van der Waals surface area contributed by atoms with Crippen molar-refractivity contribution in [1.82, 2.24) is 0 Å². The molecule has 0 N–H and O–H groups in total. The average Bonchev–Trinajstić information content (AvgIpc) is 3.24. The number of ketones is 2. The highest BCUT2D eigenvalue weighted by atomic mass is 16.1. The summed E-state index contributed by atoms with van der Waals surface area (Å²) in [5, 5.41) is 0. The van der Waals surface area contributed by atoms with Crippen molar-refractivity contribution in [3.05, 3.63) is 0 Å². The van der Waals surface area contributed by atoms with Gasteiger partial charge in [-0.1, -0.05) is 6.92 Å². The molecule has 132 valence electrons. The molecule has 2 heteroatoms. The highest BCUT2D eigenvalue weighted by Gasteiger charge is 2.77. The van der Waals surface area contributed by atoms with E-state index >= 15 is 0 Å². The number of Topliss-reactive ketones (excluding diaryl/α,β-unsaturated/α-hetero) is 2. The minimum atomic E-state index is 0.0801. The molecule has 0 aromatic carbocycles. The number of fused-ring (bicyclic) bond motifs is 7. The van der Waals surface area contributed by atoms with E-state index in [1.54, 1.807) is 0 Å². The third kappa shape index (κ3) is 1.69. The van der Waals surface area contributed by atoms with Crippen LogP contribution < -0.4 is 0 Å². The monoisotopic (exact) mass is 328 g/mol. The van der Waals surface area contributed by atoms with Gasteiger partial charge in [0, 0.05) is 18.3 Å². The van der Waals surface area contributed by atoms with Crippen LogP contribution in [-0.4, -0.2) is 11.6 Å². The summed E-state index contributed by atoms with van der Waals surface area (Å²) in [5.74, 6) is 5.78. The lowest BCUT2D eigenvalue weighted by molar-refractivity contribution is -0.139. The molecule has 0 aliphatic heterocycles. The van der Waals surface area contributed by atoms with Gasteiger partial charge in [-0.15, -0.1) is 0 Å². The molecule has 0 unspecified atom stereocenters. The van der Waals surface area contributed by atoms with Crippen LogP contribution in [0.4, 0.5) is 0 Å². The predicted molar refractivity (Wildman–Crippen MR) is 93.3 cm³/mol. The maximum atomic E-state index is 12.6. The summed E-state index contributed by atoms with van der Waals surface area (Å²) in [7, 11) is 0. The minimum Gasteiger partial charge on any atom is -0.300 e. The highest BCUT2D eigenvalue weighted by molar-refractivity contribution is 5.87. The first-order valence-electron chi connectivity index (χ1n) is 10.6. The van der Waals surface area contributed by atoms with Gasteiger partial charge in [-0.05, 0) is 99.2 Å². The van der Waals surface area contributed by atoms with Crippen molar-refractivity contribution in [2.24, 2.45) is 46.3 Å². The summed E-state index contributed by atoms with van der Waals surface area (Å²) >= 11 is 0. The molecule has 5 saturated carbocycles. The van der Waals surface area contributed by atoms with Crippen molar-refractivity contribution in [3.63, 3.8) is 0 Å². The molecule has 0 amide bonds. The summed E-state index contributed by atoms with van der Waals surface area (Å²) in [6.07, 6.45) is 11.9. The van der Waals surface area contributed by atoms with Gasteiger partial charge in [0.25, 0.3) is 0 Å². The maximum Gasteiger partial charge on any atom is 0.136 e. The van der Waals surface area contributed by atoms with E-state index in [1.165, 1.54) is 44.9 Å². The van der Waals surface area contributed by atoms with Crippen LogP contribution in [0.25, 0.3) is 0 Å². The molecular weight excluding hydrogens is 296 g/mol. The van der Waals surface area contributed by atoms with Crippen molar-refractivity contribution in [2.45, 2.75) is 78.1 Å². The third-order valence-corrected chi connectivity index (χ3v) is 9.76. The van der Waals surface area contributed by atoms with Gasteiger partial charge in [0.2, 0.25) is 0 Å². The van der Waals surface area contributed by atoms with Gasteiger partial charge >= 0.3 is 0 Å². The second kappa shape index (κ2) is 4.95. The van der Waals surface area contributed by atoms with Crippen LogP contribution in [-0.2, 0) is 9.59 Å². The van der Waals surface area contributed by atoms with Crippen LogP contribution in [0.1, 0.15) is 78.1 Å². The Morgan fingerprint density at radius 2 is 1.96 bits per heavy atom. The van der Waals surface area contributed by atoms with Crippen molar-refractivity contribution in [2.75, 3.05) is 0 Å². The Morgan fingerprint density at radius 3 is 2.71 bits per heavy atom. The van der Waals surface area contributed by atoms with Gasteiger partial charge < -0.3 is 0 Å². The van der Waals surface area contributed by atoms with Gasteiger partial charge in [-0.2, -0.15) is 0 Å². The van der Waals surface area contributed by atoms with E-state index in [9.17, 15) is 9.59 Å². The second-order valence-corrected chi connectivity index (χ2v) is 9.93. The molecule has 0 radical (unpaired) electrons. The summed E-state index contributed by atoms with van der Waals surface area (Å²) in [5.41, 5.74) is 0.415. The highest BCUT2D eigenvalue weighted by Crippen LogP contribution is 2.81. The van der Waals surface area contributed by atoms with Crippen LogP contribution in [0.3, 0.4) is 0 Å². The van der Waals surface area contributed by atoms with E-state index in [0.29, 0.717) is 28.8 Å². The topological polar surface area (TPSA) is 34.1 Å². The van der Waals surface area contributed by atoms with E-state index in [1.807, 2.05) is 6.92 Å². The summed E-state index contributed by atoms with van der Waals surface area (Å²) in [6, 6.07) is 0. The number of hydrogen-bond donors (Lipinski definition) is 0. The Kier molecular flexibility index (Phi) is 3.21. The molecule has 0 spiro atoms. The first-order chi connectivity index (χ1) is 11.5. The Labute approximate surface area is 146 Å². The fourth-order valence-electron chi connectivity index (χ4n) is 8.90. The SMILES string of the molecule is CC[C@]12CC[C@H]3[C@@H](CC[C@H]4CC(=O)CC[C@@H]43)[C@@H]1C[C@H]1C[C@]12C(C)=O. The van der Waals surface area contributed by atoms with Gasteiger partial charge in [0.1, 0.15) is 11.6 Å². The predicted octanol–water partition coefficient (Wildman–Crippen LogP) is 4.80. The molecule has 24 heavy (non-hydrogen) atoms. The minimum absolute atomic E-state index is 0.0801. The normalized spacial score (nSPS) is 55.2. The summed E-state index contributed by atoms with van der Waals surface area (Å²) in [4.78, 5) is 24.5. The molecule has 0 heterocycles. The Balaban J connectivity index is 1.46. The second-order valence-electron chi connectivity index (χ2n) is 9.93. The molecule has 0 aromatic rings. The lowest BCUT2D eigenvalue weighted by atomic mass is 9.47. The lowest BCUT2D eigenvalue weighted by Gasteiger charge is -2.57. The van der Waals surface area contributed by atoms with Crippen LogP contribution >= 0.6 is 0 Å². The van der Waals surface area contributed by atoms with E-state index in [2.05, 4.69) is 6.92 Å². The van der Waals surface area contributed by atoms with Gasteiger partial charge in [-0.3, -0.25) is 9.59 Å². The van der Waals surface area contributed by atoms with E-state index < -0.39 is 0 Å². The van der Waals surface area contributed by atoms with Crippen molar-refractivity contribution in [1.29, 1.82) is 0 Å². The van der Waals surface area contributed by atoms with E-state index in [0.717, 1.165) is 42.9 Å². The zero-order valence-electron chi connectivity index (χ0n) is 15.4. The van der Waals surface area contributed by atoms with Gasteiger partial charge in [0.05, 0.1) is 0 Å². The Morgan fingerprint density at radius 1 is 1.12 bits per heavy atom. The number of hydrogen-bond acceptors (Lipinski definition) is 2. The molecule has 0 saturated heterocycles. The molecule has 5 rings (SSSR count). The number of carbonyl (C=O) groups excluding carboxylic acids is 2. The van der Waals surface area contributed by atoms with Gasteiger partial charge in [0.15, 0.2) is 0 Å². The van der Waals surface area contributed by atoms with Crippen LogP contribution in [0.15, 0.2) is 0 Å². The van der Waals surface area contributed by atoms with Crippen LogP contribution in [0, 0.1) is 46.3 Å².